The summed E-state index contributed by atoms with van der Waals surface area (Å²) in [6.07, 6.45) is -2.58. The summed E-state index contributed by atoms with van der Waals surface area (Å²) in [7, 11) is 0. The number of oxime groups is 1. The first-order chi connectivity index (χ1) is 18.5. The van der Waals surface area contributed by atoms with Crippen molar-refractivity contribution in [1.82, 2.24) is 4.98 Å². The van der Waals surface area contributed by atoms with Crippen molar-refractivity contribution in [3.05, 3.63) is 81.8 Å². The number of rotatable bonds is 10. The van der Waals surface area contributed by atoms with Gasteiger partial charge in [-0.15, -0.1) is 0 Å². The van der Waals surface area contributed by atoms with E-state index in [4.69, 9.17) is 25.9 Å². The number of aliphatic carboxylic acids is 1. The van der Waals surface area contributed by atoms with Crippen LogP contribution in [-0.2, 0) is 23.9 Å². The molecule has 206 valence electrons. The fourth-order valence-corrected chi connectivity index (χ4v) is 4.28. The summed E-state index contributed by atoms with van der Waals surface area (Å²) in [4.78, 5) is 46.5. The van der Waals surface area contributed by atoms with Gasteiger partial charge >= 0.3 is 18.0 Å². The second-order valence-electron chi connectivity index (χ2n) is 9.15. The molecule has 2 aromatic carbocycles. The highest BCUT2D eigenvalue weighted by Gasteiger charge is 2.29. The van der Waals surface area contributed by atoms with Crippen LogP contribution < -0.4 is 5.32 Å². The Kier molecular flexibility index (Phi) is 10.0. The first kappa shape index (κ1) is 29.6. The maximum atomic E-state index is 13.1. The minimum absolute atomic E-state index is 0.00165. The van der Waals surface area contributed by atoms with Crippen LogP contribution in [0.2, 0.25) is 4.34 Å². The highest BCUT2D eigenvalue weighted by molar-refractivity contribution is 7.20. The Hall–Kier alpha value is -3.96. The number of carboxylic acid groups (broad SMARTS) is 1. The predicted molar refractivity (Wildman–Crippen MR) is 147 cm³/mol. The Morgan fingerprint density at radius 1 is 1.05 bits per heavy atom. The largest absolute Gasteiger partial charge is 0.476 e. The number of carbonyl (C=O) groups is 3. The molecule has 0 unspecified atom stereocenters. The summed E-state index contributed by atoms with van der Waals surface area (Å²) < 4.78 is 10.9. The second kappa shape index (κ2) is 13.2. The SMILES string of the molecule is CC[C@@H](O/N=C(\C(=O)O)c1nc(NC(=O)OC(C)(C)C)sc1Cl)C(=O)OC(c1ccccc1)c1ccccc1. The predicted octanol–water partition coefficient (Wildman–Crippen LogP) is 6.06. The summed E-state index contributed by atoms with van der Waals surface area (Å²) in [6.45, 7) is 6.74. The summed E-state index contributed by atoms with van der Waals surface area (Å²) in [6, 6.07) is 18.4. The van der Waals surface area contributed by atoms with Gasteiger partial charge in [0.05, 0.1) is 0 Å². The normalized spacial score (nSPS) is 12.5. The standard InChI is InChI=1S/C27H28ClN3O7S/c1-5-18(24(34)36-21(16-12-8-6-9-13-16)17-14-10-7-11-15-17)38-31-20(23(32)33)19-22(28)39-25(29-19)30-26(35)37-27(2,3)4/h6-15,18,21H,5H2,1-4H3,(H,32,33)(H,29,30,35)/b31-20-/t18-/m1/s1. The molecule has 0 bridgehead atoms. The fourth-order valence-electron chi connectivity index (χ4n) is 3.25. The van der Waals surface area contributed by atoms with E-state index in [1.807, 2.05) is 60.7 Å². The van der Waals surface area contributed by atoms with Gasteiger partial charge in [0, 0.05) is 0 Å². The van der Waals surface area contributed by atoms with Crippen molar-refractivity contribution < 1.29 is 33.8 Å². The van der Waals surface area contributed by atoms with E-state index in [-0.39, 0.29) is 21.6 Å². The van der Waals surface area contributed by atoms with E-state index >= 15 is 0 Å². The van der Waals surface area contributed by atoms with Crippen LogP contribution in [0.25, 0.3) is 0 Å². The molecule has 3 aromatic rings. The molecule has 1 amide bonds. The second-order valence-corrected chi connectivity index (χ2v) is 10.8. The number of carbonyl (C=O) groups excluding carboxylic acids is 2. The molecule has 39 heavy (non-hydrogen) atoms. The van der Waals surface area contributed by atoms with E-state index in [2.05, 4.69) is 15.5 Å². The van der Waals surface area contributed by atoms with Crippen LogP contribution in [0, 0.1) is 0 Å². The molecule has 3 rings (SSSR count). The Labute approximate surface area is 234 Å². The van der Waals surface area contributed by atoms with Gasteiger partial charge in [0.2, 0.25) is 11.8 Å². The zero-order chi connectivity index (χ0) is 28.6. The topological polar surface area (TPSA) is 136 Å². The molecule has 1 heterocycles. The van der Waals surface area contributed by atoms with Gasteiger partial charge in [-0.2, -0.15) is 0 Å². The number of anilines is 1. The molecule has 0 saturated carbocycles. The van der Waals surface area contributed by atoms with E-state index in [0.717, 1.165) is 22.5 Å². The molecule has 2 N–H and O–H groups in total. The Balaban J connectivity index is 1.79. The summed E-state index contributed by atoms with van der Waals surface area (Å²) in [5.41, 5.74) is -0.140. The van der Waals surface area contributed by atoms with Crippen molar-refractivity contribution in [2.24, 2.45) is 5.16 Å². The molecular formula is C27H28ClN3O7S. The minimum atomic E-state index is -1.50. The number of hydrogen-bond donors (Lipinski definition) is 2. The lowest BCUT2D eigenvalue weighted by Gasteiger charge is -2.21. The maximum absolute atomic E-state index is 13.1. The van der Waals surface area contributed by atoms with E-state index in [1.54, 1.807) is 27.7 Å². The zero-order valence-electron chi connectivity index (χ0n) is 21.7. The van der Waals surface area contributed by atoms with Gasteiger partial charge in [0.25, 0.3) is 0 Å². The van der Waals surface area contributed by atoms with E-state index < -0.39 is 41.6 Å². The molecule has 0 saturated heterocycles. The first-order valence-corrected chi connectivity index (χ1v) is 13.1. The number of esters is 1. The third-order valence-corrected chi connectivity index (χ3v) is 6.13. The molecule has 0 fully saturated rings. The number of ether oxygens (including phenoxy) is 2. The van der Waals surface area contributed by atoms with Gasteiger partial charge in [-0.1, -0.05) is 95.7 Å². The zero-order valence-corrected chi connectivity index (χ0v) is 23.3. The molecule has 1 atom stereocenters. The van der Waals surface area contributed by atoms with Crippen LogP contribution in [0.1, 0.15) is 57.0 Å². The number of thiazole rings is 1. The number of aromatic nitrogens is 1. The quantitative estimate of drug-likeness (QED) is 0.170. The molecule has 12 heteroatoms. The monoisotopic (exact) mass is 573 g/mol. The van der Waals surface area contributed by atoms with Gasteiger partial charge in [-0.3, -0.25) is 5.32 Å². The highest BCUT2D eigenvalue weighted by Crippen LogP contribution is 2.30. The molecule has 0 aliphatic heterocycles. The van der Waals surface area contributed by atoms with Crippen LogP contribution in [0.5, 0.6) is 0 Å². The third-order valence-electron chi connectivity index (χ3n) is 4.96. The summed E-state index contributed by atoms with van der Waals surface area (Å²) in [5.74, 6) is -2.24. The van der Waals surface area contributed by atoms with Crippen LogP contribution in [0.15, 0.2) is 65.8 Å². The molecule has 10 nitrogen and oxygen atoms in total. The molecule has 0 aliphatic rings. The molecule has 0 radical (unpaired) electrons. The fraction of sp³-hybridized carbons (Fsp3) is 0.296. The number of nitrogens with one attached hydrogen (secondary N) is 1. The van der Waals surface area contributed by atoms with Crippen LogP contribution in [0.3, 0.4) is 0 Å². The number of hydrogen-bond acceptors (Lipinski definition) is 9. The molecular weight excluding hydrogens is 546 g/mol. The van der Waals surface area contributed by atoms with E-state index in [0.29, 0.717) is 0 Å². The first-order valence-electron chi connectivity index (χ1n) is 11.9. The van der Waals surface area contributed by atoms with E-state index in [9.17, 15) is 19.5 Å². The number of carboxylic acids is 1. The molecule has 0 spiro atoms. The van der Waals surface area contributed by atoms with Gasteiger partial charge in [0.15, 0.2) is 11.2 Å². The average Bonchev–Trinajstić information content (AvgIpc) is 3.23. The van der Waals surface area contributed by atoms with Crippen LogP contribution in [0.4, 0.5) is 9.93 Å². The van der Waals surface area contributed by atoms with Gasteiger partial charge in [-0.25, -0.2) is 19.4 Å². The lowest BCUT2D eigenvalue weighted by molar-refractivity contribution is -0.161. The highest BCUT2D eigenvalue weighted by atomic mass is 35.5. The summed E-state index contributed by atoms with van der Waals surface area (Å²) >= 11 is 7.00. The van der Waals surface area contributed by atoms with Crippen LogP contribution in [-0.4, -0.2) is 45.5 Å². The Morgan fingerprint density at radius 2 is 1.62 bits per heavy atom. The van der Waals surface area contributed by atoms with Crippen molar-refractivity contribution in [1.29, 1.82) is 0 Å². The Bertz CT molecular complexity index is 1280. The Morgan fingerprint density at radius 3 is 2.10 bits per heavy atom. The lowest BCUT2D eigenvalue weighted by Crippen LogP contribution is -2.28. The van der Waals surface area contributed by atoms with Gasteiger partial charge in [-0.05, 0) is 38.3 Å². The number of amides is 1. The number of benzene rings is 2. The van der Waals surface area contributed by atoms with Gasteiger partial charge < -0.3 is 19.4 Å². The van der Waals surface area contributed by atoms with Crippen molar-refractivity contribution in [3.63, 3.8) is 0 Å². The average molecular weight is 574 g/mol. The summed E-state index contributed by atoms with van der Waals surface area (Å²) in [5, 5.41) is 15.8. The van der Waals surface area contributed by atoms with Crippen molar-refractivity contribution in [3.8, 4) is 0 Å². The number of nitrogens with zero attached hydrogens (tertiary/aromatic N) is 2. The smallest absolute Gasteiger partial charge is 0.413 e. The molecule has 1 aromatic heterocycles. The maximum Gasteiger partial charge on any atom is 0.413 e. The van der Waals surface area contributed by atoms with Crippen molar-refractivity contribution in [2.45, 2.75) is 51.9 Å². The van der Waals surface area contributed by atoms with Crippen LogP contribution >= 0.6 is 22.9 Å². The lowest BCUT2D eigenvalue weighted by atomic mass is 10.0. The molecule has 0 aliphatic carbocycles. The van der Waals surface area contributed by atoms with Crippen molar-refractivity contribution in [2.75, 3.05) is 5.32 Å². The van der Waals surface area contributed by atoms with Crippen molar-refractivity contribution >= 4 is 51.8 Å². The number of halogens is 1. The minimum Gasteiger partial charge on any atom is -0.476 e. The van der Waals surface area contributed by atoms with Gasteiger partial charge in [0.1, 0.15) is 15.6 Å². The third kappa shape index (κ3) is 8.52. The van der Waals surface area contributed by atoms with E-state index in [1.165, 1.54) is 0 Å².